The lowest BCUT2D eigenvalue weighted by Crippen LogP contribution is -1.84. The highest BCUT2D eigenvalue weighted by Crippen LogP contribution is 2.21. The molecule has 1 rings (SSSR count). The van der Waals surface area contributed by atoms with Crippen molar-refractivity contribution in [3.05, 3.63) is 28.2 Å². The van der Waals surface area contributed by atoms with E-state index in [0.717, 1.165) is 5.69 Å². The van der Waals surface area contributed by atoms with Crippen LogP contribution in [0.15, 0.2) is 18.2 Å². The second-order valence-corrected chi connectivity index (χ2v) is 2.72. The van der Waals surface area contributed by atoms with Gasteiger partial charge in [0.15, 0.2) is 0 Å². The van der Waals surface area contributed by atoms with Crippen molar-refractivity contribution in [1.29, 1.82) is 0 Å². The van der Waals surface area contributed by atoms with Crippen LogP contribution in [0.3, 0.4) is 0 Å². The molecule has 10 heavy (non-hydrogen) atoms. The summed E-state index contributed by atoms with van der Waals surface area (Å²) in [5, 5.41) is 5.16. The average molecular weight is 175 g/mol. The first kappa shape index (κ1) is 7.70. The van der Waals surface area contributed by atoms with Crippen molar-refractivity contribution < 1.29 is 0 Å². The molecule has 0 aromatic heterocycles. The molecule has 0 unspecified atom stereocenters. The minimum Gasteiger partial charge on any atom is -0.289 e. The van der Waals surface area contributed by atoms with Gasteiger partial charge in [0.2, 0.25) is 0 Å². The molecule has 1 nitrogen and oxygen atoms in total. The first-order valence-electron chi connectivity index (χ1n) is 2.78. The Bertz CT molecular complexity index is 215. The van der Waals surface area contributed by atoms with E-state index in [-0.39, 0.29) is 0 Å². The quantitative estimate of drug-likeness (QED) is 0.622. The van der Waals surface area contributed by atoms with E-state index in [4.69, 9.17) is 23.2 Å². The van der Waals surface area contributed by atoms with E-state index in [1.807, 2.05) is 0 Å². The van der Waals surface area contributed by atoms with Crippen LogP contribution in [0.2, 0.25) is 10.0 Å². The number of benzene rings is 1. The fraction of sp³-hybridized carbons (Fsp3) is 0.143. The molecule has 0 atom stereocenters. The third-order valence-corrected chi connectivity index (χ3v) is 1.54. The van der Waals surface area contributed by atoms with E-state index in [1.54, 1.807) is 25.2 Å². The van der Waals surface area contributed by atoms with E-state index in [0.29, 0.717) is 10.0 Å². The van der Waals surface area contributed by atoms with Crippen LogP contribution >= 0.6 is 23.2 Å². The Kier molecular flexibility index (Phi) is 2.41. The zero-order valence-corrected chi connectivity index (χ0v) is 6.95. The van der Waals surface area contributed by atoms with E-state index in [9.17, 15) is 0 Å². The Morgan fingerprint density at radius 2 is 1.60 bits per heavy atom. The first-order chi connectivity index (χ1) is 4.72. The Hall–Kier alpha value is -0.400. The van der Waals surface area contributed by atoms with Gasteiger partial charge in [-0.25, -0.2) is 0 Å². The van der Waals surface area contributed by atoms with Gasteiger partial charge < -0.3 is 0 Å². The molecule has 0 heterocycles. The first-order valence-corrected chi connectivity index (χ1v) is 3.54. The molecule has 0 spiro atoms. The molecule has 1 aromatic rings. The van der Waals surface area contributed by atoms with Gasteiger partial charge in [0.1, 0.15) is 0 Å². The molecule has 53 valence electrons. The lowest BCUT2D eigenvalue weighted by molar-refractivity contribution is 1.09. The van der Waals surface area contributed by atoms with Crippen LogP contribution in [0.25, 0.3) is 0 Å². The smallest absolute Gasteiger partial charge is 0.0600 e. The summed E-state index contributed by atoms with van der Waals surface area (Å²) in [6, 6.07) is 5.19. The van der Waals surface area contributed by atoms with E-state index >= 15 is 0 Å². The summed E-state index contributed by atoms with van der Waals surface area (Å²) < 4.78 is 0. The molecule has 0 aliphatic rings. The van der Waals surface area contributed by atoms with Crippen LogP contribution in [0, 0.1) is 0 Å². The lowest BCUT2D eigenvalue weighted by atomic mass is 10.3. The van der Waals surface area contributed by atoms with Crippen molar-refractivity contribution in [2.45, 2.75) is 0 Å². The maximum absolute atomic E-state index is 5.68. The van der Waals surface area contributed by atoms with Crippen LogP contribution < -0.4 is 5.32 Å². The maximum Gasteiger partial charge on any atom is 0.0600 e. The highest BCUT2D eigenvalue weighted by atomic mass is 35.5. The summed E-state index contributed by atoms with van der Waals surface area (Å²) in [6.07, 6.45) is 0. The summed E-state index contributed by atoms with van der Waals surface area (Å²) in [4.78, 5) is 0. The van der Waals surface area contributed by atoms with Crippen molar-refractivity contribution in [1.82, 2.24) is 5.32 Å². The van der Waals surface area contributed by atoms with E-state index in [1.165, 1.54) is 0 Å². The normalized spacial score (nSPS) is 9.50. The Morgan fingerprint density at radius 1 is 1.10 bits per heavy atom. The molecule has 3 heteroatoms. The van der Waals surface area contributed by atoms with Crippen LogP contribution in [0.1, 0.15) is 0 Å². The second-order valence-electron chi connectivity index (χ2n) is 1.85. The zero-order chi connectivity index (χ0) is 7.56. The molecule has 0 saturated carbocycles. The largest absolute Gasteiger partial charge is 0.289 e. The molecule has 0 fully saturated rings. The maximum atomic E-state index is 5.68. The zero-order valence-electron chi connectivity index (χ0n) is 5.44. The minimum atomic E-state index is 0.619. The molecule has 1 radical (unpaired) electrons. The monoisotopic (exact) mass is 174 g/mol. The highest BCUT2D eigenvalue weighted by Gasteiger charge is 1.94. The minimum absolute atomic E-state index is 0.619. The molecular formula is C7H6Cl2N. The number of nitrogens with zero attached hydrogens (tertiary/aromatic N) is 1. The molecule has 0 saturated heterocycles. The van der Waals surface area contributed by atoms with Crippen LogP contribution in [-0.4, -0.2) is 7.05 Å². The van der Waals surface area contributed by atoms with Crippen molar-refractivity contribution in [3.8, 4) is 0 Å². The van der Waals surface area contributed by atoms with E-state index < -0.39 is 0 Å². The van der Waals surface area contributed by atoms with Gasteiger partial charge in [-0.3, -0.25) is 5.32 Å². The van der Waals surface area contributed by atoms with Gasteiger partial charge in [-0.2, -0.15) is 0 Å². The summed E-state index contributed by atoms with van der Waals surface area (Å²) >= 11 is 11.4. The second kappa shape index (κ2) is 3.13. The summed E-state index contributed by atoms with van der Waals surface area (Å²) in [5.41, 5.74) is 0.803. The Morgan fingerprint density at radius 3 is 2.00 bits per heavy atom. The number of halogens is 2. The molecule has 0 N–H and O–H groups in total. The van der Waals surface area contributed by atoms with Crippen molar-refractivity contribution >= 4 is 28.9 Å². The number of hydrogen-bond acceptors (Lipinski definition) is 0. The van der Waals surface area contributed by atoms with Gasteiger partial charge in [0.05, 0.1) is 5.69 Å². The third kappa shape index (κ3) is 1.79. The predicted octanol–water partition coefficient (Wildman–Crippen LogP) is 2.86. The SMILES string of the molecule is C[N]c1cc(Cl)cc(Cl)c1. The van der Waals surface area contributed by atoms with Gasteiger partial charge in [-0.05, 0) is 18.2 Å². The molecule has 0 amide bonds. The fourth-order valence-electron chi connectivity index (χ4n) is 0.668. The average Bonchev–Trinajstić information content (AvgIpc) is 1.85. The fourth-order valence-corrected chi connectivity index (χ4v) is 1.18. The van der Waals surface area contributed by atoms with Crippen LogP contribution in [0.5, 0.6) is 0 Å². The molecule has 0 bridgehead atoms. The van der Waals surface area contributed by atoms with Gasteiger partial charge in [0.25, 0.3) is 0 Å². The van der Waals surface area contributed by atoms with Crippen LogP contribution in [0.4, 0.5) is 5.69 Å². The number of hydrogen-bond donors (Lipinski definition) is 0. The van der Waals surface area contributed by atoms with Crippen LogP contribution in [-0.2, 0) is 0 Å². The van der Waals surface area contributed by atoms with Gasteiger partial charge in [-0.1, -0.05) is 23.2 Å². The molecular weight excluding hydrogens is 169 g/mol. The molecule has 1 aromatic carbocycles. The predicted molar refractivity (Wildman–Crippen MR) is 44.2 cm³/mol. The van der Waals surface area contributed by atoms with Gasteiger partial charge in [-0.15, -0.1) is 0 Å². The van der Waals surface area contributed by atoms with Gasteiger partial charge >= 0.3 is 0 Å². The third-order valence-electron chi connectivity index (χ3n) is 1.11. The molecule has 0 aliphatic heterocycles. The summed E-state index contributed by atoms with van der Waals surface area (Å²) in [6.45, 7) is 0. The standard InChI is InChI=1S/C7H6Cl2N/c1-10-7-3-5(8)2-6(9)4-7/h2-4H,1H3. The lowest BCUT2D eigenvalue weighted by Gasteiger charge is -1.97. The Labute approximate surface area is 70.0 Å². The number of rotatable bonds is 1. The summed E-state index contributed by atoms with van der Waals surface area (Å²) in [5.74, 6) is 0. The Balaban J connectivity index is 3.06. The van der Waals surface area contributed by atoms with Crippen molar-refractivity contribution in [3.63, 3.8) is 0 Å². The van der Waals surface area contributed by atoms with Gasteiger partial charge in [0, 0.05) is 17.1 Å². The van der Waals surface area contributed by atoms with E-state index in [2.05, 4.69) is 5.32 Å². The van der Waals surface area contributed by atoms with Crippen molar-refractivity contribution in [2.24, 2.45) is 0 Å². The topological polar surface area (TPSA) is 14.1 Å². The molecule has 0 aliphatic carbocycles. The summed E-state index contributed by atoms with van der Waals surface area (Å²) in [7, 11) is 1.70. The highest BCUT2D eigenvalue weighted by molar-refractivity contribution is 6.35. The van der Waals surface area contributed by atoms with Crippen molar-refractivity contribution in [2.75, 3.05) is 7.05 Å².